The van der Waals surface area contributed by atoms with Gasteiger partial charge in [-0.1, -0.05) is 103 Å². The van der Waals surface area contributed by atoms with E-state index in [1.807, 2.05) is 12.1 Å². The van der Waals surface area contributed by atoms with E-state index < -0.39 is 0 Å². The van der Waals surface area contributed by atoms with Gasteiger partial charge in [-0.3, -0.25) is 0 Å². The Labute approximate surface area is 205 Å². The molecule has 1 aromatic heterocycles. The molecular formula is C32H24ClN. The summed E-state index contributed by atoms with van der Waals surface area (Å²) in [6.07, 6.45) is 3.16. The summed E-state index contributed by atoms with van der Waals surface area (Å²) in [5.41, 5.74) is 11.6. The van der Waals surface area contributed by atoms with Gasteiger partial charge < -0.3 is 4.57 Å². The Morgan fingerprint density at radius 1 is 0.588 bits per heavy atom. The molecule has 0 saturated heterocycles. The predicted octanol–water partition coefficient (Wildman–Crippen LogP) is 8.76. The number of aryl methyl sites for hydroxylation is 1. The molecule has 0 atom stereocenters. The molecule has 34 heavy (non-hydrogen) atoms. The van der Waals surface area contributed by atoms with E-state index in [4.69, 9.17) is 11.6 Å². The number of aromatic nitrogens is 1. The monoisotopic (exact) mass is 457 g/mol. The number of para-hydroxylation sites is 1. The van der Waals surface area contributed by atoms with Gasteiger partial charge in [-0.05, 0) is 63.6 Å². The lowest BCUT2D eigenvalue weighted by molar-refractivity contribution is 0.967. The van der Waals surface area contributed by atoms with Crippen LogP contribution in [0.15, 0.2) is 115 Å². The maximum absolute atomic E-state index is 6.26. The van der Waals surface area contributed by atoms with Crippen molar-refractivity contribution in [2.24, 2.45) is 7.05 Å². The molecule has 164 valence electrons. The maximum atomic E-state index is 6.26. The number of fused-ring (bicyclic) bond motifs is 1. The fraction of sp³-hybridized carbons (Fsp3) is 0.0625. The summed E-state index contributed by atoms with van der Waals surface area (Å²) < 4.78 is 2.24. The highest BCUT2D eigenvalue weighted by molar-refractivity contribution is 6.31. The third-order valence-corrected chi connectivity index (χ3v) is 7.00. The summed E-state index contributed by atoms with van der Waals surface area (Å²) in [7, 11) is 2.13. The van der Waals surface area contributed by atoms with Gasteiger partial charge in [-0.25, -0.2) is 0 Å². The van der Waals surface area contributed by atoms with E-state index in [1.54, 1.807) is 0 Å². The topological polar surface area (TPSA) is 4.93 Å². The molecule has 5 aromatic rings. The molecule has 1 aliphatic rings. The molecule has 1 heterocycles. The summed E-state index contributed by atoms with van der Waals surface area (Å²) in [6, 6.07) is 38.6. The van der Waals surface area contributed by atoms with Gasteiger partial charge in [0.25, 0.3) is 0 Å². The maximum Gasteiger partial charge on any atom is 0.0484 e. The van der Waals surface area contributed by atoms with Crippen molar-refractivity contribution >= 4 is 44.8 Å². The first-order valence-electron chi connectivity index (χ1n) is 11.6. The standard InChI is InChI=1S/C32H24ClN/c1-34-21-29(26-14-8-9-15-30(26)34)32-28(22-10-4-2-5-11-22)20-27(23-16-18-25(33)19-17-23)31(32)24-12-6-3-7-13-24/h2-19,21H,20H2,1H3. The first kappa shape index (κ1) is 20.8. The summed E-state index contributed by atoms with van der Waals surface area (Å²) in [4.78, 5) is 0. The number of nitrogens with zero attached hydrogens (tertiary/aromatic N) is 1. The van der Waals surface area contributed by atoms with Crippen molar-refractivity contribution in [2.45, 2.75) is 6.42 Å². The first-order valence-corrected chi connectivity index (χ1v) is 12.0. The van der Waals surface area contributed by atoms with Gasteiger partial charge in [0.1, 0.15) is 0 Å². The summed E-state index contributed by atoms with van der Waals surface area (Å²) in [5, 5.41) is 2.04. The third-order valence-electron chi connectivity index (χ3n) is 6.75. The highest BCUT2D eigenvalue weighted by Gasteiger charge is 2.30. The Hall–Kier alpha value is -3.81. The SMILES string of the molecule is Cn1cc(C2=C(c3ccccc3)CC(c3ccc(Cl)cc3)=C2c2ccccc2)c2ccccc21. The van der Waals surface area contributed by atoms with Crippen LogP contribution in [0.25, 0.3) is 33.2 Å². The molecule has 4 aromatic carbocycles. The quantitative estimate of drug-likeness (QED) is 0.254. The highest BCUT2D eigenvalue weighted by Crippen LogP contribution is 2.52. The largest absolute Gasteiger partial charge is 0.350 e. The molecule has 6 rings (SSSR count). The van der Waals surface area contributed by atoms with Crippen LogP contribution in [0, 0.1) is 0 Å². The minimum atomic E-state index is 0.758. The van der Waals surface area contributed by atoms with Crippen molar-refractivity contribution in [1.82, 2.24) is 4.57 Å². The number of halogens is 1. The molecule has 0 unspecified atom stereocenters. The minimum Gasteiger partial charge on any atom is -0.350 e. The Morgan fingerprint density at radius 3 is 1.85 bits per heavy atom. The molecule has 0 N–H and O–H groups in total. The van der Waals surface area contributed by atoms with Gasteiger partial charge >= 0.3 is 0 Å². The van der Waals surface area contributed by atoms with Crippen LogP contribution in [0.5, 0.6) is 0 Å². The van der Waals surface area contributed by atoms with Crippen LogP contribution in [0.3, 0.4) is 0 Å². The number of benzene rings is 4. The van der Waals surface area contributed by atoms with Gasteiger partial charge in [0.05, 0.1) is 0 Å². The van der Waals surface area contributed by atoms with Crippen molar-refractivity contribution in [3.05, 3.63) is 143 Å². The zero-order valence-corrected chi connectivity index (χ0v) is 19.8. The molecule has 0 amide bonds. The van der Waals surface area contributed by atoms with Crippen molar-refractivity contribution < 1.29 is 0 Å². The second-order valence-corrected chi connectivity index (χ2v) is 9.23. The molecule has 1 nitrogen and oxygen atoms in total. The van der Waals surface area contributed by atoms with Crippen LogP contribution in [-0.4, -0.2) is 4.57 Å². The Balaban J connectivity index is 1.70. The predicted molar refractivity (Wildman–Crippen MR) is 145 cm³/mol. The minimum absolute atomic E-state index is 0.758. The number of hydrogen-bond acceptors (Lipinski definition) is 0. The van der Waals surface area contributed by atoms with Crippen LogP contribution < -0.4 is 0 Å². The van der Waals surface area contributed by atoms with Crippen LogP contribution >= 0.6 is 11.6 Å². The van der Waals surface area contributed by atoms with Gasteiger partial charge in [-0.15, -0.1) is 0 Å². The smallest absolute Gasteiger partial charge is 0.0484 e. The van der Waals surface area contributed by atoms with Crippen molar-refractivity contribution in [3.8, 4) is 0 Å². The fourth-order valence-electron chi connectivity index (χ4n) is 5.20. The van der Waals surface area contributed by atoms with E-state index in [2.05, 4.69) is 115 Å². The van der Waals surface area contributed by atoms with Crippen molar-refractivity contribution in [3.63, 3.8) is 0 Å². The summed E-state index contributed by atoms with van der Waals surface area (Å²) >= 11 is 6.26. The second kappa shape index (κ2) is 8.52. The zero-order chi connectivity index (χ0) is 23.1. The van der Waals surface area contributed by atoms with E-state index in [0.717, 1.165) is 11.4 Å². The molecule has 1 aliphatic carbocycles. The van der Waals surface area contributed by atoms with Crippen LogP contribution in [-0.2, 0) is 7.05 Å². The molecular weight excluding hydrogens is 434 g/mol. The summed E-state index contributed by atoms with van der Waals surface area (Å²) in [6.45, 7) is 0. The van der Waals surface area contributed by atoms with Crippen LogP contribution in [0.1, 0.15) is 28.7 Å². The summed E-state index contributed by atoms with van der Waals surface area (Å²) in [5.74, 6) is 0. The molecule has 2 heteroatoms. The number of allylic oxidation sites excluding steroid dienone is 4. The normalized spacial score (nSPS) is 13.8. The van der Waals surface area contributed by atoms with Gasteiger partial charge in [0.15, 0.2) is 0 Å². The molecule has 0 aliphatic heterocycles. The van der Waals surface area contributed by atoms with E-state index >= 15 is 0 Å². The number of hydrogen-bond donors (Lipinski definition) is 0. The Morgan fingerprint density at radius 2 is 1.15 bits per heavy atom. The lowest BCUT2D eigenvalue weighted by Crippen LogP contribution is -1.92. The molecule has 0 fully saturated rings. The molecule has 0 bridgehead atoms. The average molecular weight is 458 g/mol. The number of rotatable bonds is 4. The first-order chi connectivity index (χ1) is 16.7. The molecule has 0 saturated carbocycles. The zero-order valence-electron chi connectivity index (χ0n) is 19.0. The third kappa shape index (κ3) is 3.50. The van der Waals surface area contributed by atoms with E-state index in [1.165, 1.54) is 55.4 Å². The van der Waals surface area contributed by atoms with E-state index in [-0.39, 0.29) is 0 Å². The Bertz CT molecular complexity index is 1550. The lowest BCUT2D eigenvalue weighted by Gasteiger charge is -2.14. The fourth-order valence-corrected chi connectivity index (χ4v) is 5.33. The van der Waals surface area contributed by atoms with Gasteiger partial charge in [-0.2, -0.15) is 0 Å². The van der Waals surface area contributed by atoms with Crippen molar-refractivity contribution in [2.75, 3.05) is 0 Å². The lowest BCUT2D eigenvalue weighted by atomic mass is 9.89. The van der Waals surface area contributed by atoms with Crippen molar-refractivity contribution in [1.29, 1.82) is 0 Å². The molecule has 0 spiro atoms. The molecule has 0 radical (unpaired) electrons. The van der Waals surface area contributed by atoms with Gasteiger partial charge in [0, 0.05) is 34.7 Å². The Kier molecular flexibility index (Phi) is 5.20. The average Bonchev–Trinajstić information content (AvgIpc) is 3.44. The van der Waals surface area contributed by atoms with E-state index in [0.29, 0.717) is 0 Å². The van der Waals surface area contributed by atoms with E-state index in [9.17, 15) is 0 Å². The van der Waals surface area contributed by atoms with Crippen LogP contribution in [0.4, 0.5) is 0 Å². The van der Waals surface area contributed by atoms with Crippen LogP contribution in [0.2, 0.25) is 5.02 Å². The second-order valence-electron chi connectivity index (χ2n) is 8.79. The highest BCUT2D eigenvalue weighted by atomic mass is 35.5. The van der Waals surface area contributed by atoms with Gasteiger partial charge in [0.2, 0.25) is 0 Å².